The lowest BCUT2D eigenvalue weighted by Crippen LogP contribution is -2.38. The van der Waals surface area contributed by atoms with Gasteiger partial charge >= 0.3 is 0 Å². The zero-order valence-electron chi connectivity index (χ0n) is 9.36. The van der Waals surface area contributed by atoms with Crippen molar-refractivity contribution in [3.63, 3.8) is 0 Å². The molecule has 1 aliphatic rings. The molecule has 1 aliphatic heterocycles. The van der Waals surface area contributed by atoms with Gasteiger partial charge in [-0.15, -0.1) is 0 Å². The van der Waals surface area contributed by atoms with E-state index in [1.54, 1.807) is 0 Å². The van der Waals surface area contributed by atoms with Gasteiger partial charge in [0.2, 0.25) is 5.95 Å². The summed E-state index contributed by atoms with van der Waals surface area (Å²) in [6.45, 7) is 1.77. The number of nitrogen functional groups attached to an aromatic ring is 1. The number of fused-ring (bicyclic) bond motifs is 1. The lowest BCUT2D eigenvalue weighted by molar-refractivity contribution is -0.130. The first-order chi connectivity index (χ1) is 7.99. The summed E-state index contributed by atoms with van der Waals surface area (Å²) in [4.78, 5) is 29.6. The van der Waals surface area contributed by atoms with Gasteiger partial charge in [-0.2, -0.15) is 4.98 Å². The van der Waals surface area contributed by atoms with E-state index in [1.165, 1.54) is 6.92 Å². The van der Waals surface area contributed by atoms with E-state index in [-0.39, 0.29) is 23.7 Å². The molecule has 7 nitrogen and oxygen atoms in total. The van der Waals surface area contributed by atoms with Crippen LogP contribution in [0, 0.1) is 5.92 Å². The average Bonchev–Trinajstić information content (AvgIpc) is 2.27. The fraction of sp³-hybridized carbons (Fsp3) is 0.500. The normalized spacial score (nSPS) is 20.2. The Morgan fingerprint density at radius 3 is 3.00 bits per heavy atom. The summed E-state index contributed by atoms with van der Waals surface area (Å²) in [5.74, 6) is -0.226. The molecule has 0 aromatic carbocycles. The quantitative estimate of drug-likeness (QED) is 0.518. The molecular weight excluding hydrogens is 224 g/mol. The Balaban J connectivity index is 2.31. The molecular formula is C10H14N4O3. The summed E-state index contributed by atoms with van der Waals surface area (Å²) in [6.07, 6.45) is -0.751. The number of nitrogens with zero attached hydrogens (tertiary/aromatic N) is 1. The number of nitrogens with two attached hydrogens (primary N) is 1. The molecule has 0 radical (unpaired) electrons. The molecule has 92 valence electrons. The number of aromatic nitrogens is 2. The SMILES string of the molecule is C[C@@H](O)C(=O)[C@H]1CNc2nc(N)[nH]c(=O)c2C1. The van der Waals surface area contributed by atoms with Gasteiger partial charge in [0.05, 0.1) is 5.56 Å². The zero-order chi connectivity index (χ0) is 12.6. The number of carbonyl (C=O) groups is 1. The minimum absolute atomic E-state index is 0.0431. The van der Waals surface area contributed by atoms with Crippen LogP contribution in [0.2, 0.25) is 0 Å². The van der Waals surface area contributed by atoms with Crippen molar-refractivity contribution >= 4 is 17.5 Å². The molecule has 0 fully saturated rings. The van der Waals surface area contributed by atoms with Gasteiger partial charge in [-0.3, -0.25) is 14.6 Å². The third kappa shape index (κ3) is 2.14. The maximum atomic E-state index is 11.6. The second-order valence-electron chi connectivity index (χ2n) is 4.14. The maximum Gasteiger partial charge on any atom is 0.257 e. The standard InChI is InChI=1S/C10H14N4O3/c1-4(15)7(16)5-2-6-8(12-3-5)13-10(11)14-9(6)17/h4-5,15H,2-3H2,1H3,(H4,11,12,13,14,17)/t4-,5-/m1/s1. The lowest BCUT2D eigenvalue weighted by Gasteiger charge is -2.24. The van der Waals surface area contributed by atoms with Crippen LogP contribution in [-0.2, 0) is 11.2 Å². The number of nitrogens with one attached hydrogen (secondary N) is 2. The molecule has 0 saturated heterocycles. The number of hydrogen-bond acceptors (Lipinski definition) is 6. The molecule has 0 spiro atoms. The second-order valence-corrected chi connectivity index (χ2v) is 4.14. The summed E-state index contributed by atoms with van der Waals surface area (Å²) in [5.41, 5.74) is 5.47. The first kappa shape index (κ1) is 11.6. The third-order valence-corrected chi connectivity index (χ3v) is 2.81. The number of Topliss-reactive ketones (excluding diaryl/α,β-unsaturated/α-hetero) is 1. The van der Waals surface area contributed by atoms with Crippen LogP contribution < -0.4 is 16.6 Å². The Labute approximate surface area is 97.1 Å². The number of anilines is 2. The van der Waals surface area contributed by atoms with Gasteiger partial charge in [0.1, 0.15) is 11.9 Å². The van der Waals surface area contributed by atoms with Crippen molar-refractivity contribution in [2.24, 2.45) is 5.92 Å². The molecule has 1 aromatic rings. The Hall–Kier alpha value is -1.89. The van der Waals surface area contributed by atoms with Crippen LogP contribution in [0.3, 0.4) is 0 Å². The van der Waals surface area contributed by atoms with E-state index in [4.69, 9.17) is 5.73 Å². The monoisotopic (exact) mass is 238 g/mol. The van der Waals surface area contributed by atoms with E-state index in [2.05, 4.69) is 15.3 Å². The number of H-pyrrole nitrogens is 1. The van der Waals surface area contributed by atoms with Crippen LogP contribution in [0.25, 0.3) is 0 Å². The van der Waals surface area contributed by atoms with Crippen molar-refractivity contribution in [1.82, 2.24) is 9.97 Å². The zero-order valence-corrected chi connectivity index (χ0v) is 9.36. The van der Waals surface area contributed by atoms with Gasteiger partial charge in [-0.05, 0) is 13.3 Å². The number of rotatable bonds is 2. The largest absolute Gasteiger partial charge is 0.386 e. The fourth-order valence-electron chi connectivity index (χ4n) is 1.93. The molecule has 0 unspecified atom stereocenters. The average molecular weight is 238 g/mol. The van der Waals surface area contributed by atoms with Crippen molar-refractivity contribution in [1.29, 1.82) is 0 Å². The number of hydrogen-bond donors (Lipinski definition) is 4. The highest BCUT2D eigenvalue weighted by atomic mass is 16.3. The molecule has 2 atom stereocenters. The molecule has 17 heavy (non-hydrogen) atoms. The number of carbonyl (C=O) groups excluding carboxylic acids is 1. The predicted octanol–water partition coefficient (Wildman–Crippen LogP) is -1.11. The van der Waals surface area contributed by atoms with E-state index < -0.39 is 12.0 Å². The molecule has 5 N–H and O–H groups in total. The highest BCUT2D eigenvalue weighted by Gasteiger charge is 2.29. The maximum absolute atomic E-state index is 11.6. The van der Waals surface area contributed by atoms with Crippen molar-refractivity contribution in [2.75, 3.05) is 17.6 Å². The number of ketones is 1. The van der Waals surface area contributed by atoms with Crippen LogP contribution in [0.15, 0.2) is 4.79 Å². The highest BCUT2D eigenvalue weighted by Crippen LogP contribution is 2.21. The molecule has 1 aromatic heterocycles. The van der Waals surface area contributed by atoms with Crippen LogP contribution in [-0.4, -0.2) is 33.5 Å². The molecule has 0 aliphatic carbocycles. The van der Waals surface area contributed by atoms with Gasteiger partial charge in [-0.25, -0.2) is 0 Å². The summed E-state index contributed by atoms with van der Waals surface area (Å²) < 4.78 is 0. The van der Waals surface area contributed by atoms with E-state index in [0.29, 0.717) is 17.9 Å². The van der Waals surface area contributed by atoms with Crippen LogP contribution in [0.4, 0.5) is 11.8 Å². The molecule has 0 bridgehead atoms. The summed E-state index contributed by atoms with van der Waals surface area (Å²) >= 11 is 0. The summed E-state index contributed by atoms with van der Waals surface area (Å²) in [5, 5.41) is 12.1. The Bertz CT molecular complexity index is 509. The topological polar surface area (TPSA) is 121 Å². The van der Waals surface area contributed by atoms with Crippen molar-refractivity contribution in [3.8, 4) is 0 Å². The van der Waals surface area contributed by atoms with E-state index >= 15 is 0 Å². The summed E-state index contributed by atoms with van der Waals surface area (Å²) in [7, 11) is 0. The number of aromatic amines is 1. The van der Waals surface area contributed by atoms with E-state index in [9.17, 15) is 14.7 Å². The first-order valence-electron chi connectivity index (χ1n) is 5.33. The van der Waals surface area contributed by atoms with E-state index in [0.717, 1.165) is 0 Å². The first-order valence-corrected chi connectivity index (χ1v) is 5.33. The summed E-state index contributed by atoms with van der Waals surface area (Å²) in [6, 6.07) is 0. The minimum Gasteiger partial charge on any atom is -0.386 e. The molecule has 2 rings (SSSR count). The minimum atomic E-state index is -1.02. The van der Waals surface area contributed by atoms with Crippen LogP contribution >= 0.6 is 0 Å². The van der Waals surface area contributed by atoms with Crippen molar-refractivity contribution in [2.45, 2.75) is 19.4 Å². The smallest absolute Gasteiger partial charge is 0.257 e. The number of aliphatic hydroxyl groups is 1. The van der Waals surface area contributed by atoms with Crippen LogP contribution in [0.5, 0.6) is 0 Å². The second kappa shape index (κ2) is 4.17. The van der Waals surface area contributed by atoms with Gasteiger partial charge < -0.3 is 16.2 Å². The van der Waals surface area contributed by atoms with Gasteiger partial charge in [0.25, 0.3) is 5.56 Å². The van der Waals surface area contributed by atoms with Crippen molar-refractivity contribution < 1.29 is 9.90 Å². The van der Waals surface area contributed by atoms with E-state index in [1.807, 2.05) is 0 Å². The highest BCUT2D eigenvalue weighted by molar-refractivity contribution is 5.86. The lowest BCUT2D eigenvalue weighted by atomic mass is 9.91. The fourth-order valence-corrected chi connectivity index (χ4v) is 1.93. The molecule has 2 heterocycles. The van der Waals surface area contributed by atoms with Gasteiger partial charge in [-0.1, -0.05) is 0 Å². The van der Waals surface area contributed by atoms with Gasteiger partial charge in [0, 0.05) is 12.5 Å². The third-order valence-electron chi connectivity index (χ3n) is 2.81. The van der Waals surface area contributed by atoms with Crippen LogP contribution in [0.1, 0.15) is 12.5 Å². The Kier molecular flexibility index (Phi) is 2.84. The molecule has 7 heteroatoms. The van der Waals surface area contributed by atoms with Crippen molar-refractivity contribution in [3.05, 3.63) is 15.9 Å². The molecule has 0 saturated carbocycles. The Morgan fingerprint density at radius 1 is 1.65 bits per heavy atom. The van der Waals surface area contributed by atoms with Gasteiger partial charge in [0.15, 0.2) is 5.78 Å². The Morgan fingerprint density at radius 2 is 2.35 bits per heavy atom. The predicted molar refractivity (Wildman–Crippen MR) is 61.6 cm³/mol. The number of aliphatic hydroxyl groups excluding tert-OH is 1. The molecule has 0 amide bonds.